The molecule has 11 heavy (non-hydrogen) atoms. The zero-order valence-electron chi connectivity index (χ0n) is 7.80. The quantitative estimate of drug-likeness (QED) is 0.598. The van der Waals surface area contributed by atoms with Crippen molar-refractivity contribution in [3.63, 3.8) is 0 Å². The second-order valence-electron chi connectivity index (χ2n) is 3.15. The monoisotopic (exact) mass is 153 g/mol. The highest BCUT2D eigenvalue weighted by Gasteiger charge is 2.02. The fourth-order valence-corrected chi connectivity index (χ4v) is 1.01. The Morgan fingerprint density at radius 2 is 2.09 bits per heavy atom. The lowest BCUT2D eigenvalue weighted by atomic mass is 10.0. The molecule has 0 heterocycles. The highest BCUT2D eigenvalue weighted by Crippen LogP contribution is 2.04. The van der Waals surface area contributed by atoms with Crippen LogP contribution in [0.4, 0.5) is 0 Å². The molecule has 0 spiro atoms. The van der Waals surface area contributed by atoms with Crippen LogP contribution in [0.2, 0.25) is 0 Å². The van der Waals surface area contributed by atoms with Crippen molar-refractivity contribution in [3.05, 3.63) is 24.8 Å². The van der Waals surface area contributed by atoms with Crippen molar-refractivity contribution in [2.75, 3.05) is 7.05 Å². The van der Waals surface area contributed by atoms with Crippen LogP contribution in [0.25, 0.3) is 0 Å². The average Bonchev–Trinajstić information content (AvgIpc) is 1.97. The van der Waals surface area contributed by atoms with Gasteiger partial charge in [-0.1, -0.05) is 38.7 Å². The molecule has 0 saturated heterocycles. The Hall–Kier alpha value is -0.560. The molecule has 0 aliphatic rings. The van der Waals surface area contributed by atoms with Gasteiger partial charge in [0.1, 0.15) is 0 Å². The number of nitrogens with one attached hydrogen (secondary N) is 1. The molecule has 0 aliphatic heterocycles. The predicted octanol–water partition coefficient (Wildman–Crippen LogP) is 2.36. The maximum absolute atomic E-state index is 3.63. The minimum Gasteiger partial charge on any atom is -0.314 e. The summed E-state index contributed by atoms with van der Waals surface area (Å²) in [6.07, 6.45) is 7.13. The molecule has 0 aromatic carbocycles. The van der Waals surface area contributed by atoms with E-state index in [1.54, 1.807) is 0 Å². The van der Waals surface area contributed by atoms with Crippen molar-refractivity contribution in [1.29, 1.82) is 0 Å². The lowest BCUT2D eigenvalue weighted by Crippen LogP contribution is -2.24. The van der Waals surface area contributed by atoms with E-state index >= 15 is 0 Å². The average molecular weight is 153 g/mol. The van der Waals surface area contributed by atoms with Crippen LogP contribution < -0.4 is 5.32 Å². The number of allylic oxidation sites excluding steroid dienone is 2. The summed E-state index contributed by atoms with van der Waals surface area (Å²) in [4.78, 5) is 0. The molecule has 1 N–H and O–H groups in total. The van der Waals surface area contributed by atoms with E-state index in [0.717, 1.165) is 5.92 Å². The van der Waals surface area contributed by atoms with Crippen LogP contribution in [0, 0.1) is 5.92 Å². The van der Waals surface area contributed by atoms with Gasteiger partial charge in [-0.25, -0.2) is 0 Å². The molecule has 64 valence electrons. The van der Waals surface area contributed by atoms with Gasteiger partial charge in [-0.2, -0.15) is 0 Å². The number of hydrogen-bond acceptors (Lipinski definition) is 1. The summed E-state index contributed by atoms with van der Waals surface area (Å²) in [6.45, 7) is 8.09. The third-order valence-electron chi connectivity index (χ3n) is 1.58. The van der Waals surface area contributed by atoms with Crippen molar-refractivity contribution in [2.45, 2.75) is 26.3 Å². The van der Waals surface area contributed by atoms with E-state index in [9.17, 15) is 0 Å². The minimum absolute atomic E-state index is 0.494. The van der Waals surface area contributed by atoms with Crippen molar-refractivity contribution in [1.82, 2.24) is 5.32 Å². The first-order valence-electron chi connectivity index (χ1n) is 4.17. The van der Waals surface area contributed by atoms with Gasteiger partial charge in [0.25, 0.3) is 0 Å². The van der Waals surface area contributed by atoms with Gasteiger partial charge >= 0.3 is 0 Å². The zero-order valence-corrected chi connectivity index (χ0v) is 7.80. The summed E-state index contributed by atoms with van der Waals surface area (Å²) in [5, 5.41) is 3.23. The van der Waals surface area contributed by atoms with Crippen LogP contribution in [0.15, 0.2) is 24.8 Å². The molecule has 0 fully saturated rings. The van der Waals surface area contributed by atoms with Gasteiger partial charge < -0.3 is 5.32 Å². The van der Waals surface area contributed by atoms with Gasteiger partial charge in [0.2, 0.25) is 0 Å². The molecule has 0 aliphatic carbocycles. The molecule has 0 bridgehead atoms. The summed E-state index contributed by atoms with van der Waals surface area (Å²) in [6, 6.07) is 0.494. The fraction of sp³-hybridized carbons (Fsp3) is 0.600. The molecular weight excluding hydrogens is 134 g/mol. The first-order valence-corrected chi connectivity index (χ1v) is 4.17. The number of likely N-dealkylation sites (N-methyl/N-ethyl adjacent to an activating group) is 1. The fourth-order valence-electron chi connectivity index (χ4n) is 1.01. The molecule has 0 aromatic heterocycles. The maximum Gasteiger partial charge on any atom is 0.0252 e. The largest absolute Gasteiger partial charge is 0.314 e. The molecule has 0 aromatic rings. The molecule has 0 rings (SSSR count). The van der Waals surface area contributed by atoms with Gasteiger partial charge in [0.15, 0.2) is 0 Å². The summed E-state index contributed by atoms with van der Waals surface area (Å²) < 4.78 is 0. The summed E-state index contributed by atoms with van der Waals surface area (Å²) >= 11 is 0. The lowest BCUT2D eigenvalue weighted by Gasteiger charge is -2.13. The van der Waals surface area contributed by atoms with Gasteiger partial charge in [-0.15, -0.1) is 0 Å². The maximum atomic E-state index is 3.63. The first kappa shape index (κ1) is 10.4. The number of hydrogen-bond donors (Lipinski definition) is 1. The van der Waals surface area contributed by atoms with E-state index in [-0.39, 0.29) is 0 Å². The lowest BCUT2D eigenvalue weighted by molar-refractivity contribution is 0.499. The standard InChI is InChI=1S/C10H19N/c1-5-6-7-10(11-4)8-9(2)3/h5-7,9-11H,1,8H2,2-4H3/b7-6-. The van der Waals surface area contributed by atoms with Gasteiger partial charge in [-0.3, -0.25) is 0 Å². The molecule has 1 nitrogen and oxygen atoms in total. The molecule has 1 atom stereocenters. The Balaban J connectivity index is 3.75. The van der Waals surface area contributed by atoms with E-state index < -0.39 is 0 Å². The molecule has 0 amide bonds. The predicted molar refractivity (Wildman–Crippen MR) is 51.6 cm³/mol. The smallest absolute Gasteiger partial charge is 0.0252 e. The Bertz CT molecular complexity index is 125. The van der Waals surface area contributed by atoms with E-state index in [2.05, 4.69) is 31.8 Å². The van der Waals surface area contributed by atoms with E-state index in [0.29, 0.717) is 6.04 Å². The Kier molecular flexibility index (Phi) is 5.86. The Labute approximate surface area is 70.2 Å². The molecule has 0 radical (unpaired) electrons. The summed E-state index contributed by atoms with van der Waals surface area (Å²) in [7, 11) is 1.99. The van der Waals surface area contributed by atoms with Crippen molar-refractivity contribution in [2.24, 2.45) is 5.92 Å². The van der Waals surface area contributed by atoms with Gasteiger partial charge in [0, 0.05) is 6.04 Å². The summed E-state index contributed by atoms with van der Waals surface area (Å²) in [5.74, 6) is 0.738. The second kappa shape index (κ2) is 6.17. The van der Waals surface area contributed by atoms with Crippen LogP contribution in [0.1, 0.15) is 20.3 Å². The van der Waals surface area contributed by atoms with Gasteiger partial charge in [-0.05, 0) is 19.4 Å². The van der Waals surface area contributed by atoms with Crippen LogP contribution >= 0.6 is 0 Å². The van der Waals surface area contributed by atoms with E-state index in [1.165, 1.54) is 6.42 Å². The van der Waals surface area contributed by atoms with Crippen LogP contribution in [-0.2, 0) is 0 Å². The highest BCUT2D eigenvalue weighted by atomic mass is 14.9. The Morgan fingerprint density at radius 1 is 1.45 bits per heavy atom. The molecule has 1 unspecified atom stereocenters. The first-order chi connectivity index (χ1) is 5.20. The summed E-state index contributed by atoms with van der Waals surface area (Å²) in [5.41, 5.74) is 0. The van der Waals surface area contributed by atoms with Crippen molar-refractivity contribution in [3.8, 4) is 0 Å². The molecule has 0 saturated carbocycles. The van der Waals surface area contributed by atoms with Gasteiger partial charge in [0.05, 0.1) is 0 Å². The topological polar surface area (TPSA) is 12.0 Å². The third kappa shape index (κ3) is 5.86. The highest BCUT2D eigenvalue weighted by molar-refractivity contribution is 5.02. The molecular formula is C10H19N. The van der Waals surface area contributed by atoms with Crippen molar-refractivity contribution < 1.29 is 0 Å². The van der Waals surface area contributed by atoms with E-state index in [4.69, 9.17) is 0 Å². The van der Waals surface area contributed by atoms with Crippen LogP contribution in [0.5, 0.6) is 0 Å². The van der Waals surface area contributed by atoms with E-state index in [1.807, 2.05) is 19.2 Å². The second-order valence-corrected chi connectivity index (χ2v) is 3.15. The minimum atomic E-state index is 0.494. The van der Waals surface area contributed by atoms with Crippen LogP contribution in [-0.4, -0.2) is 13.1 Å². The third-order valence-corrected chi connectivity index (χ3v) is 1.58. The zero-order chi connectivity index (χ0) is 8.69. The number of rotatable bonds is 5. The normalized spacial score (nSPS) is 14.2. The SMILES string of the molecule is C=C/C=C\C(CC(C)C)NC. The van der Waals surface area contributed by atoms with Crippen molar-refractivity contribution >= 4 is 0 Å². The van der Waals surface area contributed by atoms with Crippen LogP contribution in [0.3, 0.4) is 0 Å². The Morgan fingerprint density at radius 3 is 2.45 bits per heavy atom. The molecule has 1 heteroatoms.